The number of hydrogen-bond donors (Lipinski definition) is 0. The van der Waals surface area contributed by atoms with E-state index in [-0.39, 0.29) is 5.78 Å². The monoisotopic (exact) mass is 316 g/mol. The van der Waals surface area contributed by atoms with E-state index in [1.807, 2.05) is 12.1 Å². The van der Waals surface area contributed by atoms with Crippen molar-refractivity contribution in [1.82, 2.24) is 0 Å². The predicted octanol–water partition coefficient (Wildman–Crippen LogP) is 3.21. The van der Waals surface area contributed by atoms with Crippen LogP contribution in [0, 0.1) is 3.57 Å². The van der Waals surface area contributed by atoms with Gasteiger partial charge < -0.3 is 4.74 Å². The number of carbonyl (C=O) groups excluding carboxylic acids is 1. The van der Waals surface area contributed by atoms with E-state index in [1.165, 1.54) is 0 Å². The SMILES string of the molecule is COc1ccc(I)c2c1CCCCC2=O. The Bertz CT molecular complexity index is 399. The molecular formula is C12H13IO2. The second kappa shape index (κ2) is 4.51. The van der Waals surface area contributed by atoms with E-state index in [2.05, 4.69) is 22.6 Å². The number of benzene rings is 1. The van der Waals surface area contributed by atoms with E-state index >= 15 is 0 Å². The minimum atomic E-state index is 0.269. The normalized spacial score (nSPS) is 15.7. The van der Waals surface area contributed by atoms with Crippen molar-refractivity contribution in [3.63, 3.8) is 0 Å². The molecule has 1 aliphatic carbocycles. The second-order valence-corrected chi connectivity index (χ2v) is 4.90. The Kier molecular flexibility index (Phi) is 3.29. The lowest BCUT2D eigenvalue weighted by molar-refractivity contribution is 0.0981. The average molecular weight is 316 g/mol. The molecule has 0 aromatic heterocycles. The number of ether oxygens (including phenoxy) is 1. The molecule has 0 saturated carbocycles. The molecule has 80 valence electrons. The molecule has 1 aromatic carbocycles. The number of methoxy groups -OCH3 is 1. The molecule has 0 fully saturated rings. The summed E-state index contributed by atoms with van der Waals surface area (Å²) < 4.78 is 6.37. The molecule has 2 rings (SSSR count). The van der Waals surface area contributed by atoms with Crippen LogP contribution in [0.5, 0.6) is 5.75 Å². The molecule has 0 unspecified atom stereocenters. The van der Waals surface area contributed by atoms with Crippen molar-refractivity contribution in [2.75, 3.05) is 7.11 Å². The molecule has 1 aliphatic rings. The maximum Gasteiger partial charge on any atom is 0.164 e. The Morgan fingerprint density at radius 1 is 1.27 bits per heavy atom. The fourth-order valence-electron chi connectivity index (χ4n) is 2.05. The minimum absolute atomic E-state index is 0.269. The Morgan fingerprint density at radius 3 is 2.73 bits per heavy atom. The second-order valence-electron chi connectivity index (χ2n) is 3.73. The van der Waals surface area contributed by atoms with Crippen LogP contribution in [0.25, 0.3) is 0 Å². The van der Waals surface area contributed by atoms with Crippen molar-refractivity contribution in [3.8, 4) is 5.75 Å². The quantitative estimate of drug-likeness (QED) is 0.587. The van der Waals surface area contributed by atoms with Gasteiger partial charge in [-0.1, -0.05) is 0 Å². The van der Waals surface area contributed by atoms with E-state index in [0.717, 1.165) is 39.7 Å². The smallest absolute Gasteiger partial charge is 0.164 e. The van der Waals surface area contributed by atoms with Crippen LogP contribution in [-0.2, 0) is 6.42 Å². The molecule has 1 aromatic rings. The van der Waals surface area contributed by atoms with E-state index in [1.54, 1.807) is 7.11 Å². The van der Waals surface area contributed by atoms with Crippen LogP contribution in [0.1, 0.15) is 35.2 Å². The maximum absolute atomic E-state index is 11.9. The molecule has 0 amide bonds. The first-order valence-electron chi connectivity index (χ1n) is 5.12. The summed E-state index contributed by atoms with van der Waals surface area (Å²) in [6.45, 7) is 0. The van der Waals surface area contributed by atoms with Gasteiger partial charge >= 0.3 is 0 Å². The van der Waals surface area contributed by atoms with Crippen molar-refractivity contribution >= 4 is 28.4 Å². The summed E-state index contributed by atoms with van der Waals surface area (Å²) in [5.74, 6) is 1.13. The molecule has 0 bridgehead atoms. The van der Waals surface area contributed by atoms with E-state index < -0.39 is 0 Å². The van der Waals surface area contributed by atoms with Gasteiger partial charge in [0.15, 0.2) is 5.78 Å². The number of hydrogen-bond acceptors (Lipinski definition) is 2. The topological polar surface area (TPSA) is 26.3 Å². The zero-order valence-corrected chi connectivity index (χ0v) is 10.8. The molecule has 0 aliphatic heterocycles. The Morgan fingerprint density at radius 2 is 2.00 bits per heavy atom. The van der Waals surface area contributed by atoms with Crippen LogP contribution in [0.4, 0.5) is 0 Å². The third-order valence-corrected chi connectivity index (χ3v) is 3.70. The molecule has 0 spiro atoms. The Hall–Kier alpha value is -0.580. The summed E-state index contributed by atoms with van der Waals surface area (Å²) in [5.41, 5.74) is 2.00. The summed E-state index contributed by atoms with van der Waals surface area (Å²) in [6, 6.07) is 3.92. The summed E-state index contributed by atoms with van der Waals surface area (Å²) in [4.78, 5) is 11.9. The van der Waals surface area contributed by atoms with Gasteiger partial charge in [-0.3, -0.25) is 4.79 Å². The largest absolute Gasteiger partial charge is 0.496 e. The zero-order chi connectivity index (χ0) is 10.8. The first-order chi connectivity index (χ1) is 7.24. The number of ketones is 1. The molecule has 0 saturated heterocycles. The van der Waals surface area contributed by atoms with Gasteiger partial charge in [-0.05, 0) is 54.0 Å². The van der Waals surface area contributed by atoms with Gasteiger partial charge in [0, 0.05) is 21.1 Å². The van der Waals surface area contributed by atoms with Crippen molar-refractivity contribution in [2.45, 2.75) is 25.7 Å². The van der Waals surface area contributed by atoms with Gasteiger partial charge in [-0.25, -0.2) is 0 Å². The summed E-state index contributed by atoms with van der Waals surface area (Å²) in [7, 11) is 1.66. The molecule has 3 heteroatoms. The van der Waals surface area contributed by atoms with E-state index in [4.69, 9.17) is 4.74 Å². The third-order valence-electron chi connectivity index (χ3n) is 2.80. The fourth-order valence-corrected chi connectivity index (χ4v) is 2.86. The van der Waals surface area contributed by atoms with Gasteiger partial charge in [0.2, 0.25) is 0 Å². The van der Waals surface area contributed by atoms with Gasteiger partial charge in [0.1, 0.15) is 5.75 Å². The van der Waals surface area contributed by atoms with Gasteiger partial charge in [-0.2, -0.15) is 0 Å². The highest BCUT2D eigenvalue weighted by molar-refractivity contribution is 14.1. The Labute approximate surface area is 103 Å². The molecule has 0 atom stereocenters. The first-order valence-corrected chi connectivity index (χ1v) is 6.20. The highest BCUT2D eigenvalue weighted by Gasteiger charge is 2.21. The third kappa shape index (κ3) is 2.02. The lowest BCUT2D eigenvalue weighted by Crippen LogP contribution is -2.05. The van der Waals surface area contributed by atoms with Gasteiger partial charge in [0.25, 0.3) is 0 Å². The predicted molar refractivity (Wildman–Crippen MR) is 67.6 cm³/mol. The van der Waals surface area contributed by atoms with Crippen LogP contribution < -0.4 is 4.74 Å². The van der Waals surface area contributed by atoms with Crippen molar-refractivity contribution < 1.29 is 9.53 Å². The van der Waals surface area contributed by atoms with Crippen LogP contribution in [0.3, 0.4) is 0 Å². The Balaban J connectivity index is 2.60. The number of carbonyl (C=O) groups is 1. The van der Waals surface area contributed by atoms with Gasteiger partial charge in [-0.15, -0.1) is 0 Å². The molecule has 2 nitrogen and oxygen atoms in total. The number of fused-ring (bicyclic) bond motifs is 1. The lowest BCUT2D eigenvalue weighted by atomic mass is 10.0. The first kappa shape index (κ1) is 10.9. The number of halogens is 1. The molecular weight excluding hydrogens is 303 g/mol. The molecule has 0 N–H and O–H groups in total. The van der Waals surface area contributed by atoms with E-state index in [0.29, 0.717) is 6.42 Å². The van der Waals surface area contributed by atoms with Crippen LogP contribution in [0.2, 0.25) is 0 Å². The maximum atomic E-state index is 11.9. The van der Waals surface area contributed by atoms with Crippen LogP contribution >= 0.6 is 22.6 Å². The lowest BCUT2D eigenvalue weighted by Gasteiger charge is -2.11. The van der Waals surface area contributed by atoms with E-state index in [9.17, 15) is 4.79 Å². The number of Topliss-reactive ketones (excluding diaryl/α,β-unsaturated/α-hetero) is 1. The van der Waals surface area contributed by atoms with Crippen LogP contribution in [-0.4, -0.2) is 12.9 Å². The van der Waals surface area contributed by atoms with Crippen molar-refractivity contribution in [1.29, 1.82) is 0 Å². The molecule has 0 radical (unpaired) electrons. The summed E-state index contributed by atoms with van der Waals surface area (Å²) in [6.07, 6.45) is 3.71. The summed E-state index contributed by atoms with van der Waals surface area (Å²) >= 11 is 2.23. The number of rotatable bonds is 1. The minimum Gasteiger partial charge on any atom is -0.496 e. The highest BCUT2D eigenvalue weighted by Crippen LogP contribution is 2.31. The fraction of sp³-hybridized carbons (Fsp3) is 0.417. The van der Waals surface area contributed by atoms with Crippen LogP contribution in [0.15, 0.2) is 12.1 Å². The van der Waals surface area contributed by atoms with Gasteiger partial charge in [0.05, 0.1) is 7.11 Å². The summed E-state index contributed by atoms with van der Waals surface area (Å²) in [5, 5.41) is 0. The van der Waals surface area contributed by atoms with Crippen molar-refractivity contribution in [2.24, 2.45) is 0 Å². The molecule has 15 heavy (non-hydrogen) atoms. The standard InChI is InChI=1S/C12H13IO2/c1-15-11-7-6-9(13)12-8(11)4-2-3-5-10(12)14/h6-7H,2-5H2,1H3. The highest BCUT2D eigenvalue weighted by atomic mass is 127. The molecule has 0 heterocycles. The average Bonchev–Trinajstić information content (AvgIpc) is 2.42. The zero-order valence-electron chi connectivity index (χ0n) is 8.68. The van der Waals surface area contributed by atoms with Crippen molar-refractivity contribution in [3.05, 3.63) is 26.8 Å².